The van der Waals surface area contributed by atoms with Crippen LogP contribution in [-0.2, 0) is 28.2 Å². The van der Waals surface area contributed by atoms with Gasteiger partial charge in [-0.3, -0.25) is 14.1 Å². The van der Waals surface area contributed by atoms with Crippen LogP contribution in [0.5, 0.6) is 0 Å². The van der Waals surface area contributed by atoms with E-state index in [0.717, 1.165) is 63.7 Å². The molecule has 9 nitrogen and oxygen atoms in total. The molecule has 0 aliphatic carbocycles. The molecule has 2 atom stereocenters. The fourth-order valence-corrected chi connectivity index (χ4v) is 6.19. The van der Waals surface area contributed by atoms with Crippen molar-refractivity contribution >= 4 is 19.8 Å². The third-order valence-electron chi connectivity index (χ3n) is 9.19. The maximum Gasteiger partial charge on any atom is 0.469 e. The van der Waals surface area contributed by atoms with Gasteiger partial charge in [0.2, 0.25) is 0 Å². The zero-order valence-corrected chi connectivity index (χ0v) is 35.3. The fourth-order valence-electron chi connectivity index (χ4n) is 5.83. The van der Waals surface area contributed by atoms with Gasteiger partial charge in [0.1, 0.15) is 6.61 Å². The number of hydrogen-bond donors (Lipinski definition) is 3. The van der Waals surface area contributed by atoms with E-state index in [0.29, 0.717) is 19.3 Å². The van der Waals surface area contributed by atoms with Crippen molar-refractivity contribution in [3.05, 3.63) is 48.6 Å². The Morgan fingerprint density at radius 1 is 0.574 bits per heavy atom. The Labute approximate surface area is 329 Å². The maximum absolute atomic E-state index is 12.4. The van der Waals surface area contributed by atoms with Gasteiger partial charge in [0.05, 0.1) is 12.7 Å². The van der Waals surface area contributed by atoms with E-state index >= 15 is 0 Å². The van der Waals surface area contributed by atoms with Crippen molar-refractivity contribution in [3.63, 3.8) is 0 Å². The quantitative estimate of drug-likeness (QED) is 0.0242. The average molecular weight is 783 g/mol. The Balaban J connectivity index is 4.00. The summed E-state index contributed by atoms with van der Waals surface area (Å²) in [7, 11) is -4.77. The lowest BCUT2D eigenvalue weighted by Crippen LogP contribution is -2.29. The van der Waals surface area contributed by atoms with Crippen molar-refractivity contribution in [2.24, 2.45) is 5.92 Å². The predicted octanol–water partition coefficient (Wildman–Crippen LogP) is 12.0. The van der Waals surface area contributed by atoms with Crippen LogP contribution in [0.4, 0.5) is 0 Å². The molecule has 10 heteroatoms. The minimum absolute atomic E-state index is 0.178. The molecule has 0 aliphatic rings. The number of hydrogen-bond acceptors (Lipinski definition) is 7. The minimum atomic E-state index is -4.77. The lowest BCUT2D eigenvalue weighted by molar-refractivity contribution is -0.161. The van der Waals surface area contributed by atoms with Crippen LogP contribution in [0.15, 0.2) is 48.6 Å². The van der Waals surface area contributed by atoms with Gasteiger partial charge in [0.25, 0.3) is 0 Å². The highest BCUT2D eigenvalue weighted by Crippen LogP contribution is 2.36. The van der Waals surface area contributed by atoms with E-state index in [1.807, 2.05) is 19.1 Å². The molecular weight excluding hydrogens is 703 g/mol. The molecule has 0 saturated heterocycles. The van der Waals surface area contributed by atoms with Crippen LogP contribution in [-0.4, -0.2) is 52.3 Å². The van der Waals surface area contributed by atoms with Crippen LogP contribution >= 0.6 is 7.82 Å². The fraction of sp³-hybridized carbons (Fsp3) is 0.773. The predicted molar refractivity (Wildman–Crippen MR) is 222 cm³/mol. The molecule has 0 rings (SSSR count). The van der Waals surface area contributed by atoms with Crippen LogP contribution in [0.2, 0.25) is 0 Å². The number of aliphatic hydroxyl groups is 1. The van der Waals surface area contributed by atoms with Gasteiger partial charge < -0.3 is 24.4 Å². The van der Waals surface area contributed by atoms with Crippen molar-refractivity contribution in [3.8, 4) is 0 Å². The first-order chi connectivity index (χ1) is 26.0. The van der Waals surface area contributed by atoms with Gasteiger partial charge in [-0.1, -0.05) is 166 Å². The summed E-state index contributed by atoms with van der Waals surface area (Å²) in [6, 6.07) is 0. The van der Waals surface area contributed by atoms with E-state index in [1.54, 1.807) is 0 Å². The summed E-state index contributed by atoms with van der Waals surface area (Å²) in [5, 5.41) is 9.54. The summed E-state index contributed by atoms with van der Waals surface area (Å²) >= 11 is 0. The van der Waals surface area contributed by atoms with E-state index in [1.165, 1.54) is 77.0 Å². The zero-order valence-electron chi connectivity index (χ0n) is 34.4. The number of unbranched alkanes of at least 4 members (excludes halogenated alkanes) is 15. The van der Waals surface area contributed by atoms with Gasteiger partial charge in [-0.05, 0) is 63.7 Å². The monoisotopic (exact) mass is 783 g/mol. The number of esters is 2. The van der Waals surface area contributed by atoms with E-state index in [4.69, 9.17) is 19.3 Å². The Bertz CT molecular complexity index is 1050. The number of rotatable bonds is 38. The molecular formula is C44H79O9P. The first-order valence-electron chi connectivity index (χ1n) is 21.4. The van der Waals surface area contributed by atoms with E-state index in [9.17, 15) is 19.3 Å². The highest BCUT2D eigenvalue weighted by molar-refractivity contribution is 7.46. The number of ether oxygens (including phenoxy) is 2. The molecule has 3 N–H and O–H groups in total. The lowest BCUT2D eigenvalue weighted by atomic mass is 10.0. The molecule has 0 aromatic rings. The van der Waals surface area contributed by atoms with Gasteiger partial charge in [-0.2, -0.15) is 0 Å². The molecule has 0 aromatic carbocycles. The average Bonchev–Trinajstić information content (AvgIpc) is 3.13. The smallest absolute Gasteiger partial charge is 0.462 e. The van der Waals surface area contributed by atoms with Crippen LogP contribution < -0.4 is 0 Å². The molecule has 0 heterocycles. The number of carbonyl (C=O) groups is 2. The minimum Gasteiger partial charge on any atom is -0.462 e. The van der Waals surface area contributed by atoms with Crippen LogP contribution in [0.1, 0.15) is 188 Å². The topological polar surface area (TPSA) is 140 Å². The van der Waals surface area contributed by atoms with E-state index in [2.05, 4.69) is 54.8 Å². The molecule has 0 bridgehead atoms. The van der Waals surface area contributed by atoms with Gasteiger partial charge in [0, 0.05) is 12.8 Å². The Hall–Kier alpha value is -2.03. The molecule has 0 fully saturated rings. The highest BCUT2D eigenvalue weighted by Gasteiger charge is 2.22. The van der Waals surface area contributed by atoms with Gasteiger partial charge >= 0.3 is 19.8 Å². The normalized spacial score (nSPS) is 13.6. The highest BCUT2D eigenvalue weighted by atomic mass is 31.2. The molecule has 0 amide bonds. The lowest BCUT2D eigenvalue weighted by Gasteiger charge is -2.18. The molecule has 314 valence electrons. The molecule has 0 unspecified atom stereocenters. The second-order valence-electron chi connectivity index (χ2n) is 14.9. The van der Waals surface area contributed by atoms with Gasteiger partial charge in [-0.15, -0.1) is 0 Å². The summed E-state index contributed by atoms with van der Waals surface area (Å²) in [6.45, 7) is 5.71. The van der Waals surface area contributed by atoms with Crippen molar-refractivity contribution < 1.29 is 43.0 Å². The number of allylic oxidation sites excluding steroid dienone is 8. The standard InChI is InChI=1S/C44H79O9P/c1-4-41(45)35-31-27-23-19-15-11-8-9-12-16-20-24-28-32-36-43(46)51-38-42(39-52-54(48,49)50)53-44(47)37-33-29-25-21-17-13-7-5-6-10-14-18-22-26-30-34-40(2)3/h9,11-12,15,20,23-24,27,40-42,45H,4-8,10,13-14,16-19,21-22,25-26,28-39H2,1-3H3,(H2,48,49,50)/b12-9-,15-11-,24-20-,27-23-/t41-,42+/m0/s1. The molecule has 0 spiro atoms. The molecule has 0 radical (unpaired) electrons. The third kappa shape index (κ3) is 41.1. The molecule has 0 aromatic heterocycles. The molecule has 54 heavy (non-hydrogen) atoms. The van der Waals surface area contributed by atoms with Crippen molar-refractivity contribution in [2.75, 3.05) is 13.2 Å². The second kappa shape index (κ2) is 37.9. The first-order valence-corrected chi connectivity index (χ1v) is 22.9. The van der Waals surface area contributed by atoms with Crippen LogP contribution in [0, 0.1) is 5.92 Å². The zero-order chi connectivity index (χ0) is 40.0. The van der Waals surface area contributed by atoms with E-state index in [-0.39, 0.29) is 25.6 Å². The third-order valence-corrected chi connectivity index (χ3v) is 9.68. The summed E-state index contributed by atoms with van der Waals surface area (Å²) < 4.78 is 26.3. The van der Waals surface area contributed by atoms with Crippen LogP contribution in [0.25, 0.3) is 0 Å². The number of aliphatic hydroxyl groups excluding tert-OH is 1. The summed E-state index contributed by atoms with van der Waals surface area (Å²) in [5.41, 5.74) is 0. The SMILES string of the molecule is CC[C@H](O)CC/C=C\C/C=C\C/C=C\C/C=C\CCCC(=O)OC[C@H](COP(=O)(O)O)OC(=O)CCCCCCCCCCCCCCCCCC(C)C. The van der Waals surface area contributed by atoms with E-state index < -0.39 is 32.5 Å². The second-order valence-corrected chi connectivity index (χ2v) is 16.2. The summed E-state index contributed by atoms with van der Waals surface area (Å²) in [6.07, 6.45) is 42.1. The Morgan fingerprint density at radius 2 is 1.02 bits per heavy atom. The first kappa shape index (κ1) is 52.0. The maximum atomic E-state index is 12.4. The summed E-state index contributed by atoms with van der Waals surface area (Å²) in [5.74, 6) is -0.136. The Kier molecular flexibility index (Phi) is 36.4. The van der Waals surface area contributed by atoms with Gasteiger partial charge in [0.15, 0.2) is 6.10 Å². The van der Waals surface area contributed by atoms with Crippen molar-refractivity contribution in [2.45, 2.75) is 200 Å². The largest absolute Gasteiger partial charge is 0.469 e. The molecule has 0 aliphatic heterocycles. The Morgan fingerprint density at radius 3 is 1.50 bits per heavy atom. The number of phosphoric acid groups is 1. The van der Waals surface area contributed by atoms with Crippen molar-refractivity contribution in [1.82, 2.24) is 0 Å². The van der Waals surface area contributed by atoms with Gasteiger partial charge in [-0.25, -0.2) is 4.57 Å². The number of phosphoric ester groups is 1. The number of carbonyl (C=O) groups excluding carboxylic acids is 2. The summed E-state index contributed by atoms with van der Waals surface area (Å²) in [4.78, 5) is 42.8. The van der Waals surface area contributed by atoms with Crippen molar-refractivity contribution in [1.29, 1.82) is 0 Å². The van der Waals surface area contributed by atoms with Crippen LogP contribution in [0.3, 0.4) is 0 Å². The molecule has 0 saturated carbocycles.